The van der Waals surface area contributed by atoms with Crippen LogP contribution in [0.4, 0.5) is 8.78 Å². The summed E-state index contributed by atoms with van der Waals surface area (Å²) in [5.74, 6) is -2.84. The number of terminal acetylenes is 1. The number of aliphatic carboxylic acids is 1. The maximum Gasteiger partial charge on any atom is 0.327 e. The first-order chi connectivity index (χ1) is 8.47. The van der Waals surface area contributed by atoms with Crippen molar-refractivity contribution < 1.29 is 23.5 Å². The van der Waals surface area contributed by atoms with Crippen LogP contribution in [0.15, 0.2) is 18.2 Å². The van der Waals surface area contributed by atoms with Crippen molar-refractivity contribution in [2.45, 2.75) is 12.5 Å². The predicted molar refractivity (Wildman–Crippen MR) is 58.7 cm³/mol. The van der Waals surface area contributed by atoms with Gasteiger partial charge in [0.05, 0.1) is 5.56 Å². The van der Waals surface area contributed by atoms with Gasteiger partial charge in [0, 0.05) is 6.42 Å². The fourth-order valence-corrected chi connectivity index (χ4v) is 1.23. The molecule has 0 bridgehead atoms. The maximum absolute atomic E-state index is 13.3. The number of halogens is 2. The van der Waals surface area contributed by atoms with Crippen molar-refractivity contribution >= 4 is 11.9 Å². The second kappa shape index (κ2) is 5.77. The molecule has 1 amide bonds. The number of carboxylic acids is 1. The van der Waals surface area contributed by atoms with E-state index in [0.717, 1.165) is 18.2 Å². The molecule has 0 heterocycles. The van der Waals surface area contributed by atoms with Gasteiger partial charge in [-0.15, -0.1) is 12.3 Å². The van der Waals surface area contributed by atoms with Gasteiger partial charge in [0.25, 0.3) is 5.91 Å². The van der Waals surface area contributed by atoms with Crippen molar-refractivity contribution in [2.75, 3.05) is 0 Å². The van der Waals surface area contributed by atoms with E-state index >= 15 is 0 Å². The number of amides is 1. The zero-order chi connectivity index (χ0) is 13.7. The van der Waals surface area contributed by atoms with Crippen molar-refractivity contribution in [3.8, 4) is 12.3 Å². The van der Waals surface area contributed by atoms with Gasteiger partial charge in [0.15, 0.2) is 11.6 Å². The lowest BCUT2D eigenvalue weighted by molar-refractivity contribution is -0.139. The molecule has 0 aliphatic carbocycles. The highest BCUT2D eigenvalue weighted by molar-refractivity contribution is 5.96. The Balaban J connectivity index is 2.91. The molecule has 0 saturated heterocycles. The van der Waals surface area contributed by atoms with E-state index in [0.29, 0.717) is 0 Å². The predicted octanol–water partition coefficient (Wildman–Crippen LogP) is 1.17. The van der Waals surface area contributed by atoms with Gasteiger partial charge in [-0.2, -0.15) is 0 Å². The number of hydrogen-bond donors (Lipinski definition) is 2. The van der Waals surface area contributed by atoms with Crippen LogP contribution in [0.25, 0.3) is 0 Å². The molecule has 0 fully saturated rings. The van der Waals surface area contributed by atoms with Crippen LogP contribution in [0, 0.1) is 24.0 Å². The standard InChI is InChI=1S/C12H9F2NO3/c1-2-4-9(12(17)18)15-11(16)7-5-3-6-8(13)10(7)14/h1,3,5-6,9H,4H2,(H,15,16)(H,17,18)/t9-/m0/s1. The average molecular weight is 253 g/mol. The molecule has 1 aromatic carbocycles. The molecule has 94 valence electrons. The fourth-order valence-electron chi connectivity index (χ4n) is 1.23. The Morgan fingerprint density at radius 1 is 1.44 bits per heavy atom. The van der Waals surface area contributed by atoms with Crippen molar-refractivity contribution in [3.05, 3.63) is 35.4 Å². The normalized spacial score (nSPS) is 11.4. The van der Waals surface area contributed by atoms with E-state index < -0.39 is 35.1 Å². The number of carbonyl (C=O) groups is 2. The van der Waals surface area contributed by atoms with E-state index in [1.165, 1.54) is 0 Å². The minimum atomic E-state index is -1.35. The van der Waals surface area contributed by atoms with Crippen LogP contribution in [0.1, 0.15) is 16.8 Å². The largest absolute Gasteiger partial charge is 0.480 e. The van der Waals surface area contributed by atoms with Crippen LogP contribution in [0.3, 0.4) is 0 Å². The van der Waals surface area contributed by atoms with Crippen LogP contribution in [-0.4, -0.2) is 23.0 Å². The van der Waals surface area contributed by atoms with Gasteiger partial charge >= 0.3 is 5.97 Å². The second-order valence-corrected chi connectivity index (χ2v) is 3.37. The highest BCUT2D eigenvalue weighted by atomic mass is 19.2. The Kier molecular flexibility index (Phi) is 4.38. The van der Waals surface area contributed by atoms with Crippen LogP contribution < -0.4 is 5.32 Å². The molecule has 1 atom stereocenters. The highest BCUT2D eigenvalue weighted by Crippen LogP contribution is 2.11. The number of carboxylic acid groups (broad SMARTS) is 1. The first-order valence-electron chi connectivity index (χ1n) is 4.88. The molecule has 6 heteroatoms. The number of hydrogen-bond acceptors (Lipinski definition) is 2. The fraction of sp³-hybridized carbons (Fsp3) is 0.167. The summed E-state index contributed by atoms with van der Waals surface area (Å²) in [6.07, 6.45) is 4.68. The Hall–Kier alpha value is -2.42. The molecule has 0 radical (unpaired) electrons. The molecule has 1 aromatic rings. The molecule has 0 saturated carbocycles. The summed E-state index contributed by atoms with van der Waals surface area (Å²) in [5, 5.41) is 10.8. The Morgan fingerprint density at radius 3 is 2.67 bits per heavy atom. The summed E-state index contributed by atoms with van der Waals surface area (Å²) >= 11 is 0. The minimum absolute atomic E-state index is 0.252. The quantitative estimate of drug-likeness (QED) is 0.791. The Bertz CT molecular complexity index is 523. The molecule has 18 heavy (non-hydrogen) atoms. The molecule has 0 aliphatic heterocycles. The Morgan fingerprint density at radius 2 is 2.11 bits per heavy atom. The van der Waals surface area contributed by atoms with E-state index in [2.05, 4.69) is 5.92 Å². The maximum atomic E-state index is 13.3. The number of benzene rings is 1. The molecular formula is C12H9F2NO3. The highest BCUT2D eigenvalue weighted by Gasteiger charge is 2.22. The van der Waals surface area contributed by atoms with Gasteiger partial charge in [0.1, 0.15) is 6.04 Å². The SMILES string of the molecule is C#CC[C@H](NC(=O)c1cccc(F)c1F)C(=O)O. The van der Waals surface area contributed by atoms with Gasteiger partial charge in [-0.25, -0.2) is 13.6 Å². The van der Waals surface area contributed by atoms with Crippen molar-refractivity contribution in [2.24, 2.45) is 0 Å². The van der Waals surface area contributed by atoms with E-state index in [1.54, 1.807) is 0 Å². The molecular weight excluding hydrogens is 244 g/mol. The first kappa shape index (κ1) is 13.6. The molecule has 4 nitrogen and oxygen atoms in total. The van der Waals surface area contributed by atoms with Gasteiger partial charge < -0.3 is 10.4 Å². The third kappa shape index (κ3) is 3.04. The van der Waals surface area contributed by atoms with Gasteiger partial charge in [-0.3, -0.25) is 4.79 Å². The first-order valence-corrected chi connectivity index (χ1v) is 4.88. The molecule has 0 aliphatic rings. The molecule has 0 aromatic heterocycles. The zero-order valence-electron chi connectivity index (χ0n) is 9.11. The summed E-state index contributed by atoms with van der Waals surface area (Å²) in [7, 11) is 0. The third-order valence-electron chi connectivity index (χ3n) is 2.12. The summed E-state index contributed by atoms with van der Waals surface area (Å²) in [6, 6.07) is 1.69. The van der Waals surface area contributed by atoms with E-state index in [1.807, 2.05) is 5.32 Å². The van der Waals surface area contributed by atoms with E-state index in [4.69, 9.17) is 11.5 Å². The summed E-state index contributed by atoms with van der Waals surface area (Å²) < 4.78 is 26.1. The third-order valence-corrected chi connectivity index (χ3v) is 2.12. The van der Waals surface area contributed by atoms with E-state index in [9.17, 15) is 18.4 Å². The Labute approximate surface area is 102 Å². The van der Waals surface area contributed by atoms with E-state index in [-0.39, 0.29) is 6.42 Å². The number of nitrogens with one attached hydrogen (secondary N) is 1. The minimum Gasteiger partial charge on any atom is -0.480 e. The molecule has 0 unspecified atom stereocenters. The van der Waals surface area contributed by atoms with Gasteiger partial charge in [0.2, 0.25) is 0 Å². The average Bonchev–Trinajstić information content (AvgIpc) is 2.31. The van der Waals surface area contributed by atoms with Crippen molar-refractivity contribution in [1.82, 2.24) is 5.32 Å². The topological polar surface area (TPSA) is 66.4 Å². The molecule has 0 spiro atoms. The zero-order valence-corrected chi connectivity index (χ0v) is 9.11. The molecule has 1 rings (SSSR count). The van der Waals surface area contributed by atoms with Gasteiger partial charge in [-0.1, -0.05) is 6.07 Å². The lowest BCUT2D eigenvalue weighted by atomic mass is 10.1. The van der Waals surface area contributed by atoms with Crippen LogP contribution in [0.2, 0.25) is 0 Å². The summed E-state index contributed by atoms with van der Waals surface area (Å²) in [6.45, 7) is 0. The smallest absolute Gasteiger partial charge is 0.327 e. The number of rotatable bonds is 4. The van der Waals surface area contributed by atoms with Crippen molar-refractivity contribution in [1.29, 1.82) is 0 Å². The molecule has 2 N–H and O–H groups in total. The van der Waals surface area contributed by atoms with Crippen LogP contribution in [0.5, 0.6) is 0 Å². The number of carbonyl (C=O) groups excluding carboxylic acids is 1. The lowest BCUT2D eigenvalue weighted by Gasteiger charge is -2.12. The lowest BCUT2D eigenvalue weighted by Crippen LogP contribution is -2.40. The monoisotopic (exact) mass is 253 g/mol. The summed E-state index contributed by atoms with van der Waals surface area (Å²) in [5.41, 5.74) is -0.571. The summed E-state index contributed by atoms with van der Waals surface area (Å²) in [4.78, 5) is 22.3. The van der Waals surface area contributed by atoms with Gasteiger partial charge in [-0.05, 0) is 12.1 Å². The second-order valence-electron chi connectivity index (χ2n) is 3.37. The van der Waals surface area contributed by atoms with Crippen LogP contribution >= 0.6 is 0 Å². The van der Waals surface area contributed by atoms with Crippen LogP contribution in [-0.2, 0) is 4.79 Å². The van der Waals surface area contributed by atoms with Crippen molar-refractivity contribution in [3.63, 3.8) is 0 Å².